The highest BCUT2D eigenvalue weighted by Gasteiger charge is 2.28. The normalized spacial score (nSPS) is 15.0. The van der Waals surface area contributed by atoms with E-state index in [0.29, 0.717) is 12.8 Å². The summed E-state index contributed by atoms with van der Waals surface area (Å²) in [6.45, 7) is 2.13. The lowest BCUT2D eigenvalue weighted by atomic mass is 10.2. The Morgan fingerprint density at radius 2 is 1.36 bits per heavy atom. The van der Waals surface area contributed by atoms with E-state index in [4.69, 9.17) is 4.74 Å². The van der Waals surface area contributed by atoms with Gasteiger partial charge in [0.05, 0.1) is 13.2 Å². The van der Waals surface area contributed by atoms with Crippen LogP contribution in [-0.4, -0.2) is 64.9 Å². The van der Waals surface area contributed by atoms with Gasteiger partial charge in [-0.05, 0) is 51.4 Å². The zero-order chi connectivity index (χ0) is 31.5. The Hall–Kier alpha value is -2.56. The Morgan fingerprint density at radius 1 is 0.786 bits per heavy atom. The number of phosphoric ester groups is 1. The van der Waals surface area contributed by atoms with Crippen molar-refractivity contribution in [1.82, 2.24) is 5.32 Å². The van der Waals surface area contributed by atoms with Crippen LogP contribution in [0.4, 0.5) is 0 Å². The average Bonchev–Trinajstić information content (AvgIpc) is 2.95. The third-order valence-electron chi connectivity index (χ3n) is 5.63. The second-order valence-electron chi connectivity index (χ2n) is 9.56. The van der Waals surface area contributed by atoms with Gasteiger partial charge >= 0.3 is 19.8 Å². The molecule has 0 saturated carbocycles. The van der Waals surface area contributed by atoms with Crippen LogP contribution in [0.5, 0.6) is 0 Å². The second kappa shape index (κ2) is 26.1. The first kappa shape index (κ1) is 39.4. The Kier molecular flexibility index (Phi) is 24.5. The summed E-state index contributed by atoms with van der Waals surface area (Å²) < 4.78 is 26.3. The molecule has 0 saturated heterocycles. The lowest BCUT2D eigenvalue weighted by molar-refractivity contribution is -0.147. The van der Waals surface area contributed by atoms with E-state index in [2.05, 4.69) is 69.9 Å². The number of allylic oxidation sites excluding steroid dienone is 8. The summed E-state index contributed by atoms with van der Waals surface area (Å²) in [7, 11) is -4.73. The lowest BCUT2D eigenvalue weighted by Crippen LogP contribution is -2.43. The number of esters is 1. The molecule has 0 radical (unpaired) electrons. The third kappa shape index (κ3) is 25.2. The predicted octanol–water partition coefficient (Wildman–Crippen LogP) is 5.54. The molecule has 42 heavy (non-hydrogen) atoms. The third-order valence-corrected chi connectivity index (χ3v) is 6.58. The van der Waals surface area contributed by atoms with Gasteiger partial charge in [0.15, 0.2) is 6.04 Å². The molecule has 0 aromatic heterocycles. The molecule has 4 N–H and O–H groups in total. The van der Waals surface area contributed by atoms with Crippen molar-refractivity contribution in [3.63, 3.8) is 0 Å². The number of aliphatic hydroxyl groups is 1. The van der Waals surface area contributed by atoms with E-state index in [1.54, 1.807) is 0 Å². The van der Waals surface area contributed by atoms with E-state index in [0.717, 1.165) is 51.4 Å². The van der Waals surface area contributed by atoms with Crippen LogP contribution in [0.2, 0.25) is 0 Å². The van der Waals surface area contributed by atoms with Crippen molar-refractivity contribution in [2.75, 3.05) is 19.8 Å². The van der Waals surface area contributed by atoms with Gasteiger partial charge in [0, 0.05) is 12.8 Å². The van der Waals surface area contributed by atoms with Crippen molar-refractivity contribution in [3.8, 4) is 0 Å². The summed E-state index contributed by atoms with van der Waals surface area (Å²) in [5.74, 6) is -2.47. The second-order valence-corrected chi connectivity index (χ2v) is 11.0. The number of aliphatic hydroxyl groups excluding tert-OH is 1. The summed E-state index contributed by atoms with van der Waals surface area (Å²) in [6.07, 6.45) is 24.2. The van der Waals surface area contributed by atoms with Gasteiger partial charge in [-0.1, -0.05) is 75.3 Å². The molecule has 0 fully saturated rings. The molecule has 240 valence electrons. The van der Waals surface area contributed by atoms with E-state index in [1.165, 1.54) is 0 Å². The molecule has 12 heteroatoms. The molecule has 0 bridgehead atoms. The number of aliphatic carboxylic acids is 1. The molecule has 0 aromatic carbocycles. The van der Waals surface area contributed by atoms with Crippen LogP contribution in [0.15, 0.2) is 48.6 Å². The number of amides is 1. The molecule has 0 heterocycles. The van der Waals surface area contributed by atoms with Crippen LogP contribution >= 0.6 is 7.82 Å². The van der Waals surface area contributed by atoms with E-state index in [1.807, 2.05) is 6.92 Å². The molecule has 1 amide bonds. The summed E-state index contributed by atoms with van der Waals surface area (Å²) in [5.41, 5.74) is 0. The number of hydrogen-bond acceptors (Lipinski definition) is 8. The minimum absolute atomic E-state index is 0.126. The minimum Gasteiger partial charge on any atom is -0.480 e. The van der Waals surface area contributed by atoms with E-state index in [9.17, 15) is 34.1 Å². The van der Waals surface area contributed by atoms with Crippen LogP contribution in [-0.2, 0) is 32.7 Å². The maximum atomic E-state index is 12.0. The monoisotopic (exact) mass is 615 g/mol. The number of ether oxygens (including phenoxy) is 1. The van der Waals surface area contributed by atoms with Crippen LogP contribution in [0.25, 0.3) is 0 Å². The molecule has 3 unspecified atom stereocenters. The van der Waals surface area contributed by atoms with Crippen molar-refractivity contribution >= 4 is 25.7 Å². The standard InChI is InChI=1S/C30H50NO10P/c1-3-5-7-8-9-10-11-12-13-14-15-16-17-18-20-22-29(34)39-23-26(32)24-40-42(37,38)41-25-27(30(35)36)31-28(33)21-19-6-4-2/h5,7,9-10,12-13,15-16,26-27,32H,3-4,6,8,11,14,17-25H2,1-2H3,(H,31,33)(H,35,36)(H,37,38)/b7-5-,10-9-,13-12-,16-15-. The molecule has 3 atom stereocenters. The van der Waals surface area contributed by atoms with Crippen molar-refractivity contribution in [3.05, 3.63) is 48.6 Å². The molecule has 0 aromatic rings. The SMILES string of the molecule is CC/C=C\C/C=C\C/C=C\C/C=C\CCCCC(=O)OCC(O)COP(=O)(O)OCC(NC(=O)CCCCC)C(=O)O. The number of nitrogens with one attached hydrogen (secondary N) is 1. The van der Waals surface area contributed by atoms with Crippen LogP contribution in [0, 0.1) is 0 Å². The predicted molar refractivity (Wildman–Crippen MR) is 162 cm³/mol. The van der Waals surface area contributed by atoms with Crippen molar-refractivity contribution in [2.24, 2.45) is 0 Å². The fourth-order valence-corrected chi connectivity index (χ4v) is 4.07. The largest absolute Gasteiger partial charge is 0.480 e. The number of rotatable bonds is 26. The highest BCUT2D eigenvalue weighted by molar-refractivity contribution is 7.47. The van der Waals surface area contributed by atoms with Crippen LogP contribution in [0.3, 0.4) is 0 Å². The Bertz CT molecular complexity index is 916. The molecule has 0 aliphatic rings. The molecule has 11 nitrogen and oxygen atoms in total. The van der Waals surface area contributed by atoms with Gasteiger partial charge in [0.1, 0.15) is 12.7 Å². The average molecular weight is 616 g/mol. The summed E-state index contributed by atoms with van der Waals surface area (Å²) in [4.78, 5) is 44.8. The highest BCUT2D eigenvalue weighted by atomic mass is 31.2. The molecule has 0 aliphatic carbocycles. The topological polar surface area (TPSA) is 169 Å². The summed E-state index contributed by atoms with van der Waals surface area (Å²) in [5, 5.41) is 21.3. The lowest BCUT2D eigenvalue weighted by Gasteiger charge is -2.18. The number of carbonyl (C=O) groups is 3. The number of phosphoric acid groups is 1. The van der Waals surface area contributed by atoms with Crippen LogP contribution < -0.4 is 5.32 Å². The Labute approximate surface area is 250 Å². The highest BCUT2D eigenvalue weighted by Crippen LogP contribution is 2.43. The number of unbranched alkanes of at least 4 members (excludes halogenated alkanes) is 4. The zero-order valence-corrected chi connectivity index (χ0v) is 25.9. The summed E-state index contributed by atoms with van der Waals surface area (Å²) >= 11 is 0. The van der Waals surface area contributed by atoms with Gasteiger partial charge in [-0.2, -0.15) is 0 Å². The quantitative estimate of drug-likeness (QED) is 0.0420. The first-order chi connectivity index (χ1) is 20.1. The van der Waals surface area contributed by atoms with Gasteiger partial charge in [0.2, 0.25) is 5.91 Å². The van der Waals surface area contributed by atoms with Gasteiger partial charge < -0.3 is 25.2 Å². The van der Waals surface area contributed by atoms with Gasteiger partial charge in [-0.15, -0.1) is 0 Å². The van der Waals surface area contributed by atoms with Gasteiger partial charge in [-0.25, -0.2) is 9.36 Å². The van der Waals surface area contributed by atoms with Crippen molar-refractivity contribution in [2.45, 2.75) is 103 Å². The minimum atomic E-state index is -4.73. The van der Waals surface area contributed by atoms with Crippen molar-refractivity contribution < 1.29 is 47.8 Å². The molecular weight excluding hydrogens is 565 g/mol. The van der Waals surface area contributed by atoms with E-state index in [-0.39, 0.29) is 12.8 Å². The van der Waals surface area contributed by atoms with Gasteiger partial charge in [0.25, 0.3) is 0 Å². The number of carboxylic acid groups (broad SMARTS) is 1. The molecule has 0 spiro atoms. The Balaban J connectivity index is 4.03. The number of hydrogen-bond donors (Lipinski definition) is 4. The number of carbonyl (C=O) groups excluding carboxylic acids is 2. The fourth-order valence-electron chi connectivity index (χ4n) is 3.30. The summed E-state index contributed by atoms with van der Waals surface area (Å²) in [6, 6.07) is -1.54. The van der Waals surface area contributed by atoms with Gasteiger partial charge in [-0.3, -0.25) is 18.6 Å². The molecule has 0 rings (SSSR count). The molecule has 0 aliphatic heterocycles. The van der Waals surface area contributed by atoms with Crippen molar-refractivity contribution in [1.29, 1.82) is 0 Å². The van der Waals surface area contributed by atoms with E-state index >= 15 is 0 Å². The van der Waals surface area contributed by atoms with Crippen LogP contribution in [0.1, 0.15) is 90.9 Å². The molecular formula is C30H50NO10P. The first-order valence-corrected chi connectivity index (χ1v) is 16.2. The fraction of sp³-hybridized carbons (Fsp3) is 0.633. The first-order valence-electron chi connectivity index (χ1n) is 14.7. The number of carboxylic acids is 1. The Morgan fingerprint density at radius 3 is 1.95 bits per heavy atom. The maximum Gasteiger partial charge on any atom is 0.472 e. The smallest absolute Gasteiger partial charge is 0.472 e. The van der Waals surface area contributed by atoms with E-state index < -0.39 is 57.6 Å². The maximum absolute atomic E-state index is 12.0. The zero-order valence-electron chi connectivity index (χ0n) is 25.0.